The van der Waals surface area contributed by atoms with Crippen molar-refractivity contribution in [1.29, 1.82) is 0 Å². The van der Waals surface area contributed by atoms with E-state index in [1.807, 2.05) is 29.2 Å². The Kier molecular flexibility index (Phi) is 4.39. The van der Waals surface area contributed by atoms with Crippen molar-refractivity contribution in [3.63, 3.8) is 0 Å². The number of anilines is 1. The van der Waals surface area contributed by atoms with E-state index >= 15 is 0 Å². The van der Waals surface area contributed by atoms with Crippen LogP contribution in [0.1, 0.15) is 19.3 Å². The molecule has 1 aromatic heterocycles. The lowest BCUT2D eigenvalue weighted by Gasteiger charge is -2.26. The molecule has 0 radical (unpaired) electrons. The van der Waals surface area contributed by atoms with E-state index in [-0.39, 0.29) is 5.91 Å². The van der Waals surface area contributed by atoms with Gasteiger partial charge < -0.3 is 10.2 Å². The summed E-state index contributed by atoms with van der Waals surface area (Å²) >= 11 is 3.54. The van der Waals surface area contributed by atoms with Crippen LogP contribution in [-0.4, -0.2) is 35.4 Å². The first kappa shape index (κ1) is 14.3. The Bertz CT molecular complexity index is 653. The number of hydrogen-bond donors (Lipinski definition) is 1. The van der Waals surface area contributed by atoms with E-state index in [0.717, 1.165) is 47.0 Å². The number of rotatable bonds is 3. The van der Waals surface area contributed by atoms with Crippen LogP contribution in [0.4, 0.5) is 5.82 Å². The maximum absolute atomic E-state index is 12.2. The van der Waals surface area contributed by atoms with E-state index < -0.39 is 0 Å². The summed E-state index contributed by atoms with van der Waals surface area (Å²) < 4.78 is 1.04. The molecule has 110 valence electrons. The van der Waals surface area contributed by atoms with Gasteiger partial charge in [0.25, 0.3) is 0 Å². The van der Waals surface area contributed by atoms with E-state index in [9.17, 15) is 4.79 Å². The molecule has 4 nitrogen and oxygen atoms in total. The molecule has 1 fully saturated rings. The molecule has 0 saturated carbocycles. The van der Waals surface area contributed by atoms with Crippen LogP contribution in [0.15, 0.2) is 34.9 Å². The van der Waals surface area contributed by atoms with Crippen LogP contribution in [0.2, 0.25) is 0 Å². The molecule has 5 heteroatoms. The van der Waals surface area contributed by atoms with E-state index in [4.69, 9.17) is 0 Å². The number of piperidine rings is 1. The van der Waals surface area contributed by atoms with Crippen molar-refractivity contribution in [2.45, 2.75) is 19.3 Å². The fourth-order valence-corrected chi connectivity index (χ4v) is 3.22. The molecule has 0 bridgehead atoms. The van der Waals surface area contributed by atoms with Gasteiger partial charge in [-0.1, -0.05) is 28.1 Å². The molecule has 1 amide bonds. The van der Waals surface area contributed by atoms with E-state index in [2.05, 4.69) is 26.2 Å². The molecule has 1 saturated heterocycles. The number of pyridine rings is 1. The van der Waals surface area contributed by atoms with Gasteiger partial charge in [-0.3, -0.25) is 4.79 Å². The van der Waals surface area contributed by atoms with E-state index in [0.29, 0.717) is 6.54 Å². The number of halogens is 1. The van der Waals surface area contributed by atoms with Crippen LogP contribution >= 0.6 is 15.9 Å². The van der Waals surface area contributed by atoms with Gasteiger partial charge in [-0.2, -0.15) is 0 Å². The average Bonchev–Trinajstić information content (AvgIpc) is 2.54. The first-order valence-corrected chi connectivity index (χ1v) is 8.10. The number of nitrogens with one attached hydrogen (secondary N) is 1. The number of benzene rings is 1. The highest BCUT2D eigenvalue weighted by atomic mass is 79.9. The SMILES string of the molecule is O=C(CNc1nccc2c(Br)cccc12)N1CCCCC1. The van der Waals surface area contributed by atoms with Crippen molar-refractivity contribution in [3.05, 3.63) is 34.9 Å². The Hall–Kier alpha value is -1.62. The molecule has 1 aliphatic rings. The Balaban J connectivity index is 1.73. The molecule has 1 aromatic carbocycles. The molecule has 3 rings (SSSR count). The minimum Gasteiger partial charge on any atom is -0.360 e. The van der Waals surface area contributed by atoms with Gasteiger partial charge in [0.2, 0.25) is 5.91 Å². The number of carbonyl (C=O) groups is 1. The quantitative estimate of drug-likeness (QED) is 0.925. The molecule has 21 heavy (non-hydrogen) atoms. The molecule has 1 N–H and O–H groups in total. The fraction of sp³-hybridized carbons (Fsp3) is 0.375. The third-order valence-corrected chi connectivity index (χ3v) is 4.56. The zero-order valence-corrected chi connectivity index (χ0v) is 13.4. The topological polar surface area (TPSA) is 45.2 Å². The minimum absolute atomic E-state index is 0.156. The highest BCUT2D eigenvalue weighted by Crippen LogP contribution is 2.27. The Morgan fingerprint density at radius 2 is 2.00 bits per heavy atom. The van der Waals surface area contributed by atoms with Crippen LogP contribution < -0.4 is 5.32 Å². The summed E-state index contributed by atoms with van der Waals surface area (Å²) in [5.74, 6) is 0.919. The smallest absolute Gasteiger partial charge is 0.241 e. The Morgan fingerprint density at radius 1 is 1.19 bits per heavy atom. The predicted octanol–water partition coefficient (Wildman–Crippen LogP) is 3.42. The number of carbonyl (C=O) groups excluding carboxylic acids is 1. The number of amides is 1. The number of aromatic nitrogens is 1. The second-order valence-electron chi connectivity index (χ2n) is 5.29. The number of likely N-dealkylation sites (tertiary alicyclic amines) is 1. The van der Waals surface area contributed by atoms with E-state index in [1.165, 1.54) is 6.42 Å². The summed E-state index contributed by atoms with van der Waals surface area (Å²) in [4.78, 5) is 18.5. The molecular formula is C16H18BrN3O. The summed E-state index contributed by atoms with van der Waals surface area (Å²) in [6, 6.07) is 7.97. The highest BCUT2D eigenvalue weighted by molar-refractivity contribution is 9.10. The Morgan fingerprint density at radius 3 is 2.81 bits per heavy atom. The zero-order chi connectivity index (χ0) is 14.7. The van der Waals surface area contributed by atoms with Gasteiger partial charge >= 0.3 is 0 Å². The normalized spacial score (nSPS) is 15.2. The lowest BCUT2D eigenvalue weighted by Crippen LogP contribution is -2.39. The molecule has 2 heterocycles. The zero-order valence-electron chi connectivity index (χ0n) is 11.8. The van der Waals surface area contributed by atoms with Gasteiger partial charge in [0.1, 0.15) is 5.82 Å². The number of nitrogens with zero attached hydrogens (tertiary/aromatic N) is 2. The van der Waals surface area contributed by atoms with Crippen LogP contribution in [-0.2, 0) is 4.79 Å². The maximum Gasteiger partial charge on any atom is 0.241 e. The largest absolute Gasteiger partial charge is 0.360 e. The fourth-order valence-electron chi connectivity index (χ4n) is 2.72. The van der Waals surface area contributed by atoms with Gasteiger partial charge in [-0.05, 0) is 31.4 Å². The summed E-state index contributed by atoms with van der Waals surface area (Å²) in [7, 11) is 0. The standard InChI is InChI=1S/C16H18BrN3O/c17-14-6-4-5-13-12(14)7-8-18-16(13)19-11-15(21)20-9-2-1-3-10-20/h4-8H,1-3,9-11H2,(H,18,19). The maximum atomic E-state index is 12.2. The molecule has 0 aliphatic carbocycles. The third kappa shape index (κ3) is 3.18. The predicted molar refractivity (Wildman–Crippen MR) is 88.4 cm³/mol. The summed E-state index contributed by atoms with van der Waals surface area (Å²) in [5, 5.41) is 5.31. The van der Waals surface area contributed by atoms with Crippen LogP contribution in [0.25, 0.3) is 10.8 Å². The van der Waals surface area contributed by atoms with E-state index in [1.54, 1.807) is 6.20 Å². The lowest BCUT2D eigenvalue weighted by molar-refractivity contribution is -0.130. The number of hydrogen-bond acceptors (Lipinski definition) is 3. The summed E-state index contributed by atoms with van der Waals surface area (Å²) in [5.41, 5.74) is 0. The van der Waals surface area contributed by atoms with Gasteiger partial charge in [0, 0.05) is 34.5 Å². The van der Waals surface area contributed by atoms with Crippen LogP contribution in [0.5, 0.6) is 0 Å². The average molecular weight is 348 g/mol. The third-order valence-electron chi connectivity index (χ3n) is 3.87. The first-order valence-electron chi connectivity index (χ1n) is 7.30. The molecule has 0 unspecified atom stereocenters. The minimum atomic E-state index is 0.156. The van der Waals surface area contributed by atoms with Crippen LogP contribution in [0, 0.1) is 0 Å². The first-order chi connectivity index (χ1) is 10.3. The second-order valence-corrected chi connectivity index (χ2v) is 6.14. The summed E-state index contributed by atoms with van der Waals surface area (Å²) in [6.07, 6.45) is 5.23. The lowest BCUT2D eigenvalue weighted by atomic mass is 10.1. The molecule has 2 aromatic rings. The van der Waals surface area contributed by atoms with Crippen molar-refractivity contribution >= 4 is 38.4 Å². The van der Waals surface area contributed by atoms with Crippen molar-refractivity contribution in [2.24, 2.45) is 0 Å². The van der Waals surface area contributed by atoms with Gasteiger partial charge in [0.15, 0.2) is 0 Å². The summed E-state index contributed by atoms with van der Waals surface area (Å²) in [6.45, 7) is 2.07. The van der Waals surface area contributed by atoms with Crippen molar-refractivity contribution in [3.8, 4) is 0 Å². The number of fused-ring (bicyclic) bond motifs is 1. The van der Waals surface area contributed by atoms with Crippen molar-refractivity contribution in [2.75, 3.05) is 25.0 Å². The monoisotopic (exact) mass is 347 g/mol. The Labute approximate surface area is 132 Å². The van der Waals surface area contributed by atoms with Crippen molar-refractivity contribution in [1.82, 2.24) is 9.88 Å². The van der Waals surface area contributed by atoms with Gasteiger partial charge in [0.05, 0.1) is 6.54 Å². The highest BCUT2D eigenvalue weighted by Gasteiger charge is 2.16. The molecular weight excluding hydrogens is 330 g/mol. The molecule has 0 atom stereocenters. The van der Waals surface area contributed by atoms with Crippen LogP contribution in [0.3, 0.4) is 0 Å². The van der Waals surface area contributed by atoms with Crippen molar-refractivity contribution < 1.29 is 4.79 Å². The second kappa shape index (κ2) is 6.43. The van der Waals surface area contributed by atoms with Gasteiger partial charge in [-0.15, -0.1) is 0 Å². The van der Waals surface area contributed by atoms with Gasteiger partial charge in [-0.25, -0.2) is 4.98 Å². The molecule has 0 spiro atoms. The molecule has 1 aliphatic heterocycles.